The van der Waals surface area contributed by atoms with Crippen molar-refractivity contribution in [3.8, 4) is 0 Å². The van der Waals surface area contributed by atoms with Crippen molar-refractivity contribution >= 4 is 17.8 Å². The van der Waals surface area contributed by atoms with Crippen LogP contribution >= 0.6 is 0 Å². The summed E-state index contributed by atoms with van der Waals surface area (Å²) >= 11 is 0. The van der Waals surface area contributed by atoms with Gasteiger partial charge < -0.3 is 20.3 Å². The molecule has 1 aliphatic carbocycles. The summed E-state index contributed by atoms with van der Waals surface area (Å²) < 4.78 is 4.79. The number of anilines is 1. The molecule has 0 unspecified atom stereocenters. The number of methoxy groups -OCH3 is 1. The van der Waals surface area contributed by atoms with E-state index in [1.54, 1.807) is 4.90 Å². The number of carbonyl (C=O) groups is 2. The van der Waals surface area contributed by atoms with E-state index in [0.717, 1.165) is 30.5 Å². The van der Waals surface area contributed by atoms with Crippen LogP contribution in [-0.4, -0.2) is 36.7 Å². The standard InChI is InChI=1S/C18H25N3O3/c1-24-18(23)21-10-9-13-7-8-16(11-14(13)12-21)20-17(22)19-15-5-3-2-4-6-15/h7-8,11,15H,2-6,9-10,12H2,1H3,(H2,19,20,22). The molecule has 3 rings (SSSR count). The minimum atomic E-state index is -0.311. The van der Waals surface area contributed by atoms with Crippen molar-refractivity contribution < 1.29 is 14.3 Å². The summed E-state index contributed by atoms with van der Waals surface area (Å²) in [6.45, 7) is 1.18. The fourth-order valence-electron chi connectivity index (χ4n) is 3.52. The van der Waals surface area contributed by atoms with Gasteiger partial charge in [-0.15, -0.1) is 0 Å². The lowest BCUT2D eigenvalue weighted by Gasteiger charge is -2.28. The molecule has 0 radical (unpaired) electrons. The number of hydrogen-bond acceptors (Lipinski definition) is 3. The minimum Gasteiger partial charge on any atom is -0.453 e. The Kier molecular flexibility index (Phi) is 5.23. The molecule has 0 atom stereocenters. The van der Waals surface area contributed by atoms with Crippen molar-refractivity contribution in [1.82, 2.24) is 10.2 Å². The van der Waals surface area contributed by atoms with E-state index in [2.05, 4.69) is 10.6 Å². The Labute approximate surface area is 142 Å². The van der Waals surface area contributed by atoms with Crippen LogP contribution < -0.4 is 10.6 Å². The predicted octanol–water partition coefficient (Wildman–Crippen LogP) is 3.27. The highest BCUT2D eigenvalue weighted by molar-refractivity contribution is 5.89. The Bertz CT molecular complexity index is 612. The Morgan fingerprint density at radius 3 is 2.71 bits per heavy atom. The molecule has 6 heteroatoms. The molecule has 0 saturated heterocycles. The number of nitrogens with zero attached hydrogens (tertiary/aromatic N) is 1. The molecule has 1 saturated carbocycles. The molecular formula is C18H25N3O3. The summed E-state index contributed by atoms with van der Waals surface area (Å²) in [7, 11) is 1.39. The smallest absolute Gasteiger partial charge is 0.409 e. The Morgan fingerprint density at radius 1 is 1.17 bits per heavy atom. The lowest BCUT2D eigenvalue weighted by molar-refractivity contribution is 0.118. The van der Waals surface area contributed by atoms with E-state index < -0.39 is 0 Å². The number of ether oxygens (including phenoxy) is 1. The molecular weight excluding hydrogens is 306 g/mol. The van der Waals surface area contributed by atoms with E-state index >= 15 is 0 Å². The van der Waals surface area contributed by atoms with Crippen LogP contribution in [0.15, 0.2) is 18.2 Å². The van der Waals surface area contributed by atoms with Crippen molar-refractivity contribution in [3.05, 3.63) is 29.3 Å². The Hall–Kier alpha value is -2.24. The monoisotopic (exact) mass is 331 g/mol. The van der Waals surface area contributed by atoms with E-state index in [1.807, 2.05) is 18.2 Å². The van der Waals surface area contributed by atoms with Gasteiger partial charge in [-0.2, -0.15) is 0 Å². The van der Waals surface area contributed by atoms with Gasteiger partial charge in [-0.1, -0.05) is 25.3 Å². The summed E-state index contributed by atoms with van der Waals surface area (Å²) in [5.41, 5.74) is 3.03. The molecule has 0 bridgehead atoms. The molecule has 1 fully saturated rings. The third-order valence-electron chi connectivity index (χ3n) is 4.85. The van der Waals surface area contributed by atoms with Gasteiger partial charge in [0.05, 0.1) is 7.11 Å². The van der Waals surface area contributed by atoms with Crippen LogP contribution in [0, 0.1) is 0 Å². The number of benzene rings is 1. The van der Waals surface area contributed by atoms with Crippen LogP contribution in [0.5, 0.6) is 0 Å². The first kappa shape index (κ1) is 16.6. The molecule has 6 nitrogen and oxygen atoms in total. The summed E-state index contributed by atoms with van der Waals surface area (Å²) in [5, 5.41) is 5.96. The van der Waals surface area contributed by atoms with E-state index in [1.165, 1.54) is 31.9 Å². The van der Waals surface area contributed by atoms with E-state index in [9.17, 15) is 9.59 Å². The molecule has 1 aliphatic heterocycles. The van der Waals surface area contributed by atoms with Crippen molar-refractivity contribution in [1.29, 1.82) is 0 Å². The van der Waals surface area contributed by atoms with Crippen LogP contribution in [0.3, 0.4) is 0 Å². The molecule has 1 aromatic rings. The predicted molar refractivity (Wildman–Crippen MR) is 92.0 cm³/mol. The molecule has 1 heterocycles. The summed E-state index contributed by atoms with van der Waals surface area (Å²) in [6.07, 6.45) is 6.26. The highest BCUT2D eigenvalue weighted by Crippen LogP contribution is 2.23. The maximum absolute atomic E-state index is 12.2. The van der Waals surface area contributed by atoms with Crippen molar-refractivity contribution in [2.75, 3.05) is 19.0 Å². The van der Waals surface area contributed by atoms with Crippen molar-refractivity contribution in [3.63, 3.8) is 0 Å². The topological polar surface area (TPSA) is 70.7 Å². The highest BCUT2D eigenvalue weighted by Gasteiger charge is 2.21. The second kappa shape index (κ2) is 7.55. The molecule has 2 N–H and O–H groups in total. The maximum Gasteiger partial charge on any atom is 0.409 e. The number of carbonyl (C=O) groups excluding carboxylic acids is 2. The lowest BCUT2D eigenvalue weighted by Crippen LogP contribution is -2.39. The van der Waals surface area contributed by atoms with Gasteiger partial charge in [0.15, 0.2) is 0 Å². The summed E-state index contributed by atoms with van der Waals surface area (Å²) in [5.74, 6) is 0. The van der Waals surface area contributed by atoms with E-state index in [0.29, 0.717) is 13.1 Å². The van der Waals surface area contributed by atoms with Gasteiger partial charge in [-0.3, -0.25) is 0 Å². The quantitative estimate of drug-likeness (QED) is 0.874. The normalized spacial score (nSPS) is 17.8. The number of urea groups is 1. The Morgan fingerprint density at radius 2 is 1.96 bits per heavy atom. The molecule has 3 amide bonds. The first-order valence-electron chi connectivity index (χ1n) is 8.68. The average Bonchev–Trinajstić information content (AvgIpc) is 2.61. The molecule has 0 aromatic heterocycles. The van der Waals surface area contributed by atoms with Crippen LogP contribution in [0.2, 0.25) is 0 Å². The van der Waals surface area contributed by atoms with E-state index in [4.69, 9.17) is 4.74 Å². The van der Waals surface area contributed by atoms with Crippen molar-refractivity contribution in [2.24, 2.45) is 0 Å². The van der Waals surface area contributed by atoms with Crippen LogP contribution in [0.4, 0.5) is 15.3 Å². The van der Waals surface area contributed by atoms with E-state index in [-0.39, 0.29) is 18.2 Å². The largest absolute Gasteiger partial charge is 0.453 e. The van der Waals surface area contributed by atoms with Gasteiger partial charge in [0.2, 0.25) is 0 Å². The minimum absolute atomic E-state index is 0.150. The van der Waals surface area contributed by atoms with Gasteiger partial charge in [0.1, 0.15) is 0 Å². The van der Waals surface area contributed by atoms with Gasteiger partial charge in [-0.25, -0.2) is 9.59 Å². The Balaban J connectivity index is 1.61. The molecule has 0 spiro atoms. The fourth-order valence-corrected chi connectivity index (χ4v) is 3.52. The molecule has 1 aromatic carbocycles. The second-order valence-corrected chi connectivity index (χ2v) is 6.56. The van der Waals surface area contributed by atoms with Gasteiger partial charge in [0.25, 0.3) is 0 Å². The first-order valence-corrected chi connectivity index (χ1v) is 8.68. The zero-order valence-corrected chi connectivity index (χ0v) is 14.1. The molecule has 130 valence electrons. The van der Waals surface area contributed by atoms with Gasteiger partial charge in [-0.05, 0) is 42.5 Å². The number of amides is 3. The van der Waals surface area contributed by atoms with Crippen LogP contribution in [-0.2, 0) is 17.7 Å². The second-order valence-electron chi connectivity index (χ2n) is 6.56. The molecule has 2 aliphatic rings. The van der Waals surface area contributed by atoms with Crippen LogP contribution in [0.25, 0.3) is 0 Å². The number of fused-ring (bicyclic) bond motifs is 1. The van der Waals surface area contributed by atoms with Crippen LogP contribution in [0.1, 0.15) is 43.2 Å². The first-order chi connectivity index (χ1) is 11.7. The SMILES string of the molecule is COC(=O)N1CCc2ccc(NC(=O)NC3CCCCC3)cc2C1. The number of hydrogen-bond donors (Lipinski definition) is 2. The summed E-state index contributed by atoms with van der Waals surface area (Å²) in [4.78, 5) is 25.5. The zero-order chi connectivity index (χ0) is 16.9. The number of rotatable bonds is 2. The number of nitrogens with one attached hydrogen (secondary N) is 2. The third-order valence-corrected chi connectivity index (χ3v) is 4.85. The maximum atomic E-state index is 12.2. The van der Waals surface area contributed by atoms with Gasteiger partial charge in [0, 0.05) is 24.8 Å². The van der Waals surface area contributed by atoms with Crippen molar-refractivity contribution in [2.45, 2.75) is 51.1 Å². The lowest BCUT2D eigenvalue weighted by atomic mass is 9.96. The average molecular weight is 331 g/mol. The highest BCUT2D eigenvalue weighted by atomic mass is 16.5. The fraction of sp³-hybridized carbons (Fsp3) is 0.556. The third kappa shape index (κ3) is 3.99. The zero-order valence-electron chi connectivity index (χ0n) is 14.1. The van der Waals surface area contributed by atoms with Gasteiger partial charge >= 0.3 is 12.1 Å². The summed E-state index contributed by atoms with van der Waals surface area (Å²) in [6, 6.07) is 6.03. The molecule has 24 heavy (non-hydrogen) atoms.